The number of hydrogen-bond donors (Lipinski definition) is 8. The highest BCUT2D eigenvalue weighted by atomic mass is 16.7. The molecule has 6 rings (SSSR count). The lowest BCUT2D eigenvalue weighted by Gasteiger charge is -2.72. The van der Waals surface area contributed by atoms with E-state index in [9.17, 15) is 40.9 Å². The predicted molar refractivity (Wildman–Crippen MR) is 164 cm³/mol. The summed E-state index contributed by atoms with van der Waals surface area (Å²) in [6.07, 6.45) is -2.18. The van der Waals surface area contributed by atoms with Crippen molar-refractivity contribution in [2.45, 2.75) is 148 Å². The number of ether oxygens (including phenoxy) is 2. The highest BCUT2D eigenvalue weighted by Gasteiger charge is 2.71. The summed E-state index contributed by atoms with van der Waals surface area (Å²) in [6.45, 7) is 12.4. The van der Waals surface area contributed by atoms with Gasteiger partial charge < -0.3 is 50.3 Å². The van der Waals surface area contributed by atoms with Crippen LogP contribution in [0.1, 0.15) is 92.9 Å². The van der Waals surface area contributed by atoms with Crippen LogP contribution in [0.5, 0.6) is 0 Å². The standard InChI is InChI=1S/C35H58O10/c1-30(2)11-12-35(43)19(13-30)18-7-8-23-31(3)14-20(38)28(45-29-27(42)26(41)25(40)21(16-36)44-29)32(4,17-37)22(31)9-10-33(23,5)34(18,6)15-24(35)39/h7,19-29,36-43H,8-17H2,1-6H3/t19-,20+,21-,22+,23+,24+,25-,26+,27-,28+,29+,31+,32+,33-,34-,35-/m1/s1. The molecule has 0 bridgehead atoms. The zero-order valence-corrected chi connectivity index (χ0v) is 27.9. The summed E-state index contributed by atoms with van der Waals surface area (Å²) in [5.41, 5.74) is -1.68. The van der Waals surface area contributed by atoms with Crippen molar-refractivity contribution in [1.29, 1.82) is 0 Å². The van der Waals surface area contributed by atoms with Gasteiger partial charge in [-0.25, -0.2) is 0 Å². The van der Waals surface area contributed by atoms with E-state index in [2.05, 4.69) is 40.7 Å². The summed E-state index contributed by atoms with van der Waals surface area (Å²) in [6, 6.07) is 0. The number of allylic oxidation sites excluding steroid dienone is 1. The maximum Gasteiger partial charge on any atom is 0.187 e. The first-order valence-electron chi connectivity index (χ1n) is 17.2. The molecular weight excluding hydrogens is 580 g/mol. The van der Waals surface area contributed by atoms with E-state index >= 15 is 0 Å². The van der Waals surface area contributed by atoms with Crippen LogP contribution in [0.3, 0.4) is 0 Å². The van der Waals surface area contributed by atoms with E-state index in [0.29, 0.717) is 19.3 Å². The fourth-order valence-corrected chi connectivity index (χ4v) is 12.0. The average molecular weight is 639 g/mol. The molecule has 0 unspecified atom stereocenters. The summed E-state index contributed by atoms with van der Waals surface area (Å²) in [5, 5.41) is 87.4. The third-order valence-electron chi connectivity index (χ3n) is 14.8. The molecule has 258 valence electrons. The molecule has 45 heavy (non-hydrogen) atoms. The summed E-state index contributed by atoms with van der Waals surface area (Å²) in [4.78, 5) is 0. The van der Waals surface area contributed by atoms with Gasteiger partial charge in [-0.1, -0.05) is 53.2 Å². The Balaban J connectivity index is 1.34. The number of rotatable bonds is 4. The Bertz CT molecular complexity index is 1180. The van der Waals surface area contributed by atoms with Crippen LogP contribution >= 0.6 is 0 Å². The first kappa shape index (κ1) is 34.2. The topological polar surface area (TPSA) is 180 Å². The zero-order valence-electron chi connectivity index (χ0n) is 27.9. The van der Waals surface area contributed by atoms with Crippen LogP contribution in [0.2, 0.25) is 0 Å². The fraction of sp³-hybridized carbons (Fsp3) is 0.943. The first-order valence-corrected chi connectivity index (χ1v) is 17.2. The Morgan fingerprint density at radius 2 is 1.53 bits per heavy atom. The Kier molecular flexibility index (Phi) is 8.30. The molecule has 0 aromatic rings. The normalized spacial score (nSPS) is 57.6. The summed E-state index contributed by atoms with van der Waals surface area (Å²) < 4.78 is 11.9. The Morgan fingerprint density at radius 1 is 0.844 bits per heavy atom. The van der Waals surface area contributed by atoms with Crippen molar-refractivity contribution in [1.82, 2.24) is 0 Å². The molecule has 8 N–H and O–H groups in total. The lowest BCUT2D eigenvalue weighted by molar-refractivity contribution is -0.345. The van der Waals surface area contributed by atoms with Gasteiger partial charge in [0.15, 0.2) is 6.29 Å². The van der Waals surface area contributed by atoms with Gasteiger partial charge in [-0.05, 0) is 84.9 Å². The van der Waals surface area contributed by atoms with Crippen LogP contribution in [0, 0.1) is 44.8 Å². The van der Waals surface area contributed by atoms with Crippen LogP contribution in [0.4, 0.5) is 0 Å². The monoisotopic (exact) mass is 638 g/mol. The van der Waals surface area contributed by atoms with Crippen molar-refractivity contribution < 1.29 is 50.3 Å². The molecule has 10 nitrogen and oxygen atoms in total. The van der Waals surface area contributed by atoms with Crippen molar-refractivity contribution >= 4 is 0 Å². The Morgan fingerprint density at radius 3 is 2.18 bits per heavy atom. The van der Waals surface area contributed by atoms with Gasteiger partial charge in [-0.3, -0.25) is 0 Å². The lowest BCUT2D eigenvalue weighted by Crippen LogP contribution is -2.70. The van der Waals surface area contributed by atoms with E-state index in [0.717, 1.165) is 32.1 Å². The second-order valence-corrected chi connectivity index (χ2v) is 17.6. The van der Waals surface area contributed by atoms with Crippen molar-refractivity contribution in [2.24, 2.45) is 44.8 Å². The molecule has 0 aromatic heterocycles. The van der Waals surface area contributed by atoms with E-state index < -0.39 is 72.1 Å². The first-order chi connectivity index (χ1) is 20.8. The fourth-order valence-electron chi connectivity index (χ4n) is 12.0. The summed E-state index contributed by atoms with van der Waals surface area (Å²) in [7, 11) is 0. The van der Waals surface area contributed by atoms with Crippen LogP contribution < -0.4 is 0 Å². The second-order valence-electron chi connectivity index (χ2n) is 17.6. The van der Waals surface area contributed by atoms with Gasteiger partial charge in [0.2, 0.25) is 0 Å². The van der Waals surface area contributed by atoms with Crippen molar-refractivity contribution in [3.05, 3.63) is 11.6 Å². The number of fused-ring (bicyclic) bond motifs is 7. The van der Waals surface area contributed by atoms with Gasteiger partial charge in [0, 0.05) is 11.3 Å². The van der Waals surface area contributed by atoms with Crippen LogP contribution in [-0.4, -0.2) is 109 Å². The van der Waals surface area contributed by atoms with Crippen molar-refractivity contribution in [3.8, 4) is 0 Å². The molecule has 16 atom stereocenters. The van der Waals surface area contributed by atoms with Gasteiger partial charge in [0.25, 0.3) is 0 Å². The largest absolute Gasteiger partial charge is 0.396 e. The Labute approximate surface area is 267 Å². The SMILES string of the molecule is CC1(C)CC[C@@]2(O)[C@H](C1)C1=CC[C@H]3[C@@]4(C)C[C@H](O)[C@H](O[C@@H]5O[C@H](CO)[C@@H](O)[C@H](O)[C@H]5O)[C@@](C)(CO)[C@H]4CC[C@@]3(C)[C@]1(C)C[C@@H]2O. The molecule has 1 aliphatic heterocycles. The Hall–Kier alpha value is -0.660. The van der Waals surface area contributed by atoms with Crippen LogP contribution in [0.25, 0.3) is 0 Å². The summed E-state index contributed by atoms with van der Waals surface area (Å²) >= 11 is 0. The second kappa shape index (κ2) is 10.9. The van der Waals surface area contributed by atoms with Crippen molar-refractivity contribution in [3.63, 3.8) is 0 Å². The van der Waals surface area contributed by atoms with Crippen LogP contribution in [0.15, 0.2) is 11.6 Å². The summed E-state index contributed by atoms with van der Waals surface area (Å²) in [5.74, 6) is -0.0422. The molecule has 0 spiro atoms. The minimum Gasteiger partial charge on any atom is -0.396 e. The maximum absolute atomic E-state index is 11.9. The lowest BCUT2D eigenvalue weighted by atomic mass is 9.34. The van der Waals surface area contributed by atoms with Crippen molar-refractivity contribution in [2.75, 3.05) is 13.2 Å². The maximum atomic E-state index is 11.9. The smallest absolute Gasteiger partial charge is 0.187 e. The van der Waals surface area contributed by atoms with E-state index in [4.69, 9.17) is 9.47 Å². The van der Waals surface area contributed by atoms with Gasteiger partial charge >= 0.3 is 0 Å². The minimum atomic E-state index is -1.61. The molecule has 5 aliphatic carbocycles. The average Bonchev–Trinajstić information content (AvgIpc) is 2.96. The molecule has 4 saturated carbocycles. The molecule has 6 aliphatic rings. The van der Waals surface area contributed by atoms with Gasteiger partial charge in [-0.15, -0.1) is 0 Å². The zero-order chi connectivity index (χ0) is 33.1. The molecule has 1 heterocycles. The highest BCUT2D eigenvalue weighted by Crippen LogP contribution is 2.75. The van der Waals surface area contributed by atoms with E-state index in [1.54, 1.807) is 0 Å². The number of aliphatic hydroxyl groups is 8. The minimum absolute atomic E-state index is 0.0658. The third-order valence-corrected chi connectivity index (χ3v) is 14.8. The van der Waals surface area contributed by atoms with Crippen LogP contribution in [-0.2, 0) is 9.47 Å². The molecule has 0 radical (unpaired) electrons. The molecule has 5 fully saturated rings. The number of hydrogen-bond acceptors (Lipinski definition) is 10. The van der Waals surface area contributed by atoms with E-state index in [1.165, 1.54) is 5.57 Å². The highest BCUT2D eigenvalue weighted by molar-refractivity contribution is 5.35. The van der Waals surface area contributed by atoms with E-state index in [-0.39, 0.29) is 40.6 Å². The molecule has 0 aromatic carbocycles. The molecule has 0 amide bonds. The molecule has 10 heteroatoms. The van der Waals surface area contributed by atoms with Gasteiger partial charge in [0.05, 0.1) is 37.1 Å². The predicted octanol–water partition coefficient (Wildman–Crippen LogP) is 1.63. The molecular formula is C35H58O10. The molecule has 1 saturated heterocycles. The quantitative estimate of drug-likeness (QED) is 0.167. The third kappa shape index (κ3) is 4.64. The van der Waals surface area contributed by atoms with E-state index in [1.807, 2.05) is 6.92 Å². The number of aliphatic hydroxyl groups excluding tert-OH is 7. The van der Waals surface area contributed by atoms with Gasteiger partial charge in [-0.2, -0.15) is 0 Å². The van der Waals surface area contributed by atoms with Gasteiger partial charge in [0.1, 0.15) is 24.4 Å².